The third-order valence-electron chi connectivity index (χ3n) is 3.39. The molecule has 0 spiro atoms. The molecule has 1 heterocycles. The van der Waals surface area contributed by atoms with E-state index in [1.165, 1.54) is 12.2 Å². The lowest BCUT2D eigenvalue weighted by Crippen LogP contribution is -2.32. The highest BCUT2D eigenvalue weighted by Gasteiger charge is 2.17. The molecule has 2 N–H and O–H groups in total. The second-order valence-corrected chi connectivity index (χ2v) is 8.65. The van der Waals surface area contributed by atoms with Crippen LogP contribution in [0.15, 0.2) is 24.3 Å². The van der Waals surface area contributed by atoms with Crippen molar-refractivity contribution in [1.29, 1.82) is 0 Å². The molecule has 1 aromatic rings. The van der Waals surface area contributed by atoms with Gasteiger partial charge >= 0.3 is 0 Å². The van der Waals surface area contributed by atoms with Crippen molar-refractivity contribution in [3.05, 3.63) is 35.4 Å². The summed E-state index contributed by atoms with van der Waals surface area (Å²) in [5.41, 5.74) is 1.95. The molecule has 0 aromatic heterocycles. The van der Waals surface area contributed by atoms with Crippen LogP contribution in [0.25, 0.3) is 0 Å². The van der Waals surface area contributed by atoms with Gasteiger partial charge in [-0.3, -0.25) is 0 Å². The number of nitrogens with one attached hydrogen (secondary N) is 2. The van der Waals surface area contributed by atoms with Crippen molar-refractivity contribution < 1.29 is 8.42 Å². The number of hydrogen-bond donors (Lipinski definition) is 2. The van der Waals surface area contributed by atoms with E-state index in [1.54, 1.807) is 0 Å². The average molecular weight is 329 g/mol. The summed E-state index contributed by atoms with van der Waals surface area (Å²) in [6.45, 7) is 4.41. The van der Waals surface area contributed by atoms with Crippen molar-refractivity contribution in [2.75, 3.05) is 11.5 Å². The summed E-state index contributed by atoms with van der Waals surface area (Å²) in [7, 11) is -3.28. The van der Waals surface area contributed by atoms with E-state index >= 15 is 0 Å². The fourth-order valence-corrected chi connectivity index (χ4v) is 5.11. The minimum atomic E-state index is -3.28. The lowest BCUT2D eigenvalue weighted by Gasteiger charge is -2.15. The smallest absolute Gasteiger partial charge is 0.216 e. The van der Waals surface area contributed by atoms with Crippen LogP contribution >= 0.6 is 11.8 Å². The molecule has 6 heteroatoms. The van der Waals surface area contributed by atoms with Crippen LogP contribution in [-0.4, -0.2) is 32.0 Å². The summed E-state index contributed by atoms with van der Waals surface area (Å²) in [5, 5.41) is 3.53. The van der Waals surface area contributed by atoms with Gasteiger partial charge in [0.05, 0.1) is 5.75 Å². The van der Waals surface area contributed by atoms with E-state index in [0.717, 1.165) is 23.4 Å². The maximum atomic E-state index is 12.1. The lowest BCUT2D eigenvalue weighted by atomic mass is 10.1. The van der Waals surface area contributed by atoms with Crippen molar-refractivity contribution in [3.8, 4) is 0 Å². The average Bonchev–Trinajstić information content (AvgIpc) is 2.88. The van der Waals surface area contributed by atoms with E-state index in [1.807, 2.05) is 49.9 Å². The number of rotatable bonds is 7. The Morgan fingerprint density at radius 2 is 2.00 bits per heavy atom. The van der Waals surface area contributed by atoms with Gasteiger partial charge in [0, 0.05) is 24.4 Å². The number of benzene rings is 1. The van der Waals surface area contributed by atoms with E-state index in [9.17, 15) is 8.42 Å². The van der Waals surface area contributed by atoms with E-state index in [2.05, 4.69) is 10.0 Å². The zero-order valence-electron chi connectivity index (χ0n) is 12.6. The Kier molecular flexibility index (Phi) is 6.10. The quantitative estimate of drug-likeness (QED) is 0.805. The molecular formula is C15H24N2O2S2. The molecule has 1 aliphatic heterocycles. The highest BCUT2D eigenvalue weighted by atomic mass is 32.2. The molecule has 1 atom stereocenters. The normalized spacial score (nSPS) is 19.3. The second-order valence-electron chi connectivity index (χ2n) is 5.74. The summed E-state index contributed by atoms with van der Waals surface area (Å²) in [6.07, 6.45) is 1.19. The van der Waals surface area contributed by atoms with Gasteiger partial charge in [-0.15, -0.1) is 0 Å². The van der Waals surface area contributed by atoms with Crippen molar-refractivity contribution >= 4 is 21.8 Å². The zero-order valence-corrected chi connectivity index (χ0v) is 14.3. The van der Waals surface area contributed by atoms with Gasteiger partial charge in [-0.1, -0.05) is 24.3 Å². The summed E-state index contributed by atoms with van der Waals surface area (Å²) >= 11 is 1.97. The minimum Gasteiger partial charge on any atom is -0.309 e. The second kappa shape index (κ2) is 7.63. The molecule has 2 rings (SSSR count). The molecule has 0 unspecified atom stereocenters. The Bertz CT molecular complexity index is 553. The van der Waals surface area contributed by atoms with Gasteiger partial charge in [-0.25, -0.2) is 13.1 Å². The van der Waals surface area contributed by atoms with Crippen LogP contribution < -0.4 is 10.0 Å². The molecule has 0 saturated carbocycles. The van der Waals surface area contributed by atoms with Gasteiger partial charge < -0.3 is 5.32 Å². The molecule has 1 aliphatic rings. The summed E-state index contributed by atoms with van der Waals surface area (Å²) < 4.78 is 26.8. The van der Waals surface area contributed by atoms with Crippen molar-refractivity contribution in [2.24, 2.45) is 0 Å². The Labute approximate surface area is 132 Å². The van der Waals surface area contributed by atoms with Gasteiger partial charge in [0.15, 0.2) is 0 Å². The van der Waals surface area contributed by atoms with Gasteiger partial charge in [-0.05, 0) is 37.1 Å². The van der Waals surface area contributed by atoms with E-state index in [0.29, 0.717) is 6.04 Å². The van der Waals surface area contributed by atoms with Crippen LogP contribution in [0.1, 0.15) is 31.4 Å². The van der Waals surface area contributed by atoms with Crippen LogP contribution in [0.5, 0.6) is 0 Å². The molecule has 4 nitrogen and oxygen atoms in total. The first-order valence-electron chi connectivity index (χ1n) is 7.34. The van der Waals surface area contributed by atoms with Gasteiger partial charge in [0.2, 0.25) is 10.0 Å². The molecule has 1 aromatic carbocycles. The first kappa shape index (κ1) is 16.8. The monoisotopic (exact) mass is 328 g/mol. The Morgan fingerprint density at radius 3 is 2.62 bits per heavy atom. The summed E-state index contributed by atoms with van der Waals surface area (Å²) in [4.78, 5) is 0. The zero-order chi connectivity index (χ0) is 15.3. The van der Waals surface area contributed by atoms with Crippen LogP contribution in [0.2, 0.25) is 0 Å². The molecule has 0 aliphatic carbocycles. The Balaban J connectivity index is 2.02. The topological polar surface area (TPSA) is 58.2 Å². The van der Waals surface area contributed by atoms with Crippen LogP contribution in [0.3, 0.4) is 0 Å². The van der Waals surface area contributed by atoms with Crippen molar-refractivity contribution in [2.45, 2.75) is 44.6 Å². The maximum Gasteiger partial charge on any atom is 0.216 e. The van der Waals surface area contributed by atoms with Gasteiger partial charge in [0.25, 0.3) is 0 Å². The Morgan fingerprint density at radius 1 is 1.29 bits per heavy atom. The SMILES string of the molecule is CC(C)NS(=O)(=O)Cc1ccccc1CN[C@H]1CCSC1. The molecule has 118 valence electrons. The van der Waals surface area contributed by atoms with Crippen LogP contribution in [0.4, 0.5) is 0 Å². The highest BCUT2D eigenvalue weighted by Crippen LogP contribution is 2.18. The number of hydrogen-bond acceptors (Lipinski definition) is 4. The fourth-order valence-electron chi connectivity index (χ4n) is 2.43. The molecule has 21 heavy (non-hydrogen) atoms. The van der Waals surface area contributed by atoms with E-state index in [4.69, 9.17) is 0 Å². The molecule has 0 bridgehead atoms. The third kappa shape index (κ3) is 5.62. The van der Waals surface area contributed by atoms with Gasteiger partial charge in [-0.2, -0.15) is 11.8 Å². The third-order valence-corrected chi connectivity index (χ3v) is 6.07. The van der Waals surface area contributed by atoms with Crippen molar-refractivity contribution in [3.63, 3.8) is 0 Å². The molecule has 0 radical (unpaired) electrons. The van der Waals surface area contributed by atoms with Crippen LogP contribution in [0, 0.1) is 0 Å². The summed E-state index contributed by atoms with van der Waals surface area (Å²) in [6, 6.07) is 8.25. The minimum absolute atomic E-state index is 0.0441. The fraction of sp³-hybridized carbons (Fsp3) is 0.600. The van der Waals surface area contributed by atoms with E-state index < -0.39 is 10.0 Å². The lowest BCUT2D eigenvalue weighted by molar-refractivity contribution is 0.554. The molecule has 0 amide bonds. The van der Waals surface area contributed by atoms with Crippen molar-refractivity contribution in [1.82, 2.24) is 10.0 Å². The largest absolute Gasteiger partial charge is 0.309 e. The number of sulfonamides is 1. The van der Waals surface area contributed by atoms with E-state index in [-0.39, 0.29) is 11.8 Å². The van der Waals surface area contributed by atoms with Gasteiger partial charge in [0.1, 0.15) is 0 Å². The molecule has 1 fully saturated rings. The molecule has 1 saturated heterocycles. The first-order valence-corrected chi connectivity index (χ1v) is 10.1. The maximum absolute atomic E-state index is 12.1. The van der Waals surface area contributed by atoms with Crippen LogP contribution in [-0.2, 0) is 22.3 Å². The standard InChI is InChI=1S/C15H24N2O2S2/c1-12(2)17-21(18,19)11-14-6-4-3-5-13(14)9-16-15-7-8-20-10-15/h3-6,12,15-17H,7-11H2,1-2H3/t15-/m0/s1. The predicted octanol–water partition coefficient (Wildman–Crippen LogP) is 2.11. The highest BCUT2D eigenvalue weighted by molar-refractivity contribution is 7.99. The first-order chi connectivity index (χ1) is 9.96. The number of thioether (sulfide) groups is 1. The Hall–Kier alpha value is -0.560. The summed E-state index contributed by atoms with van der Waals surface area (Å²) in [5.74, 6) is 2.41. The molecular weight excluding hydrogens is 304 g/mol. The predicted molar refractivity (Wildman–Crippen MR) is 89.9 cm³/mol.